The van der Waals surface area contributed by atoms with Crippen molar-refractivity contribution in [3.8, 4) is 0 Å². The summed E-state index contributed by atoms with van der Waals surface area (Å²) in [6.45, 7) is 3.62. The molecule has 0 saturated carbocycles. The lowest BCUT2D eigenvalue weighted by molar-refractivity contribution is -0.127. The molecule has 2 aliphatic rings. The van der Waals surface area contributed by atoms with Crippen molar-refractivity contribution in [3.05, 3.63) is 23.9 Å². The largest absolute Gasteiger partial charge is 0.464 e. The summed E-state index contributed by atoms with van der Waals surface area (Å²) in [6.07, 6.45) is 0. The van der Waals surface area contributed by atoms with Crippen LogP contribution in [0.4, 0.5) is 5.82 Å². The summed E-state index contributed by atoms with van der Waals surface area (Å²) >= 11 is 0. The summed E-state index contributed by atoms with van der Waals surface area (Å²) in [6, 6.07) is 5.41. The number of pyridine rings is 1. The van der Waals surface area contributed by atoms with E-state index in [2.05, 4.69) is 14.6 Å². The Hall–Kier alpha value is -1.62. The van der Waals surface area contributed by atoms with Crippen LogP contribution in [0.5, 0.6) is 0 Å². The normalized spacial score (nSPS) is 20.6. The highest BCUT2D eigenvalue weighted by Gasteiger charge is 2.49. The van der Waals surface area contributed by atoms with Gasteiger partial charge in [0.15, 0.2) is 5.69 Å². The molecule has 0 aromatic carbocycles. The number of methoxy groups -OCH3 is 1. The van der Waals surface area contributed by atoms with Gasteiger partial charge in [-0.2, -0.15) is 0 Å². The third-order valence-corrected chi connectivity index (χ3v) is 3.32. The van der Waals surface area contributed by atoms with Crippen molar-refractivity contribution in [1.29, 1.82) is 0 Å². The summed E-state index contributed by atoms with van der Waals surface area (Å²) in [5.74, 6) is 0.444. The highest BCUT2D eigenvalue weighted by molar-refractivity contribution is 5.87. The van der Waals surface area contributed by atoms with Gasteiger partial charge in [0.05, 0.1) is 25.7 Å². The predicted molar refractivity (Wildman–Crippen MR) is 61.0 cm³/mol. The first-order valence-corrected chi connectivity index (χ1v) is 5.61. The van der Waals surface area contributed by atoms with Gasteiger partial charge in [-0.05, 0) is 12.1 Å². The Labute approximate surface area is 99.3 Å². The van der Waals surface area contributed by atoms with Crippen molar-refractivity contribution < 1.29 is 14.3 Å². The Morgan fingerprint density at radius 3 is 2.82 bits per heavy atom. The van der Waals surface area contributed by atoms with Gasteiger partial charge in [-0.1, -0.05) is 6.07 Å². The van der Waals surface area contributed by atoms with E-state index < -0.39 is 5.97 Å². The van der Waals surface area contributed by atoms with Crippen LogP contribution in [0.3, 0.4) is 0 Å². The molecule has 0 bridgehead atoms. The van der Waals surface area contributed by atoms with Crippen LogP contribution < -0.4 is 4.90 Å². The number of hydrogen-bond acceptors (Lipinski definition) is 5. The Morgan fingerprint density at radius 2 is 2.24 bits per heavy atom. The number of rotatable bonds is 2. The Balaban J connectivity index is 1.73. The molecule has 0 aliphatic carbocycles. The molecule has 90 valence electrons. The van der Waals surface area contributed by atoms with Gasteiger partial charge in [-0.3, -0.25) is 0 Å². The molecule has 0 amide bonds. The molecule has 0 unspecified atom stereocenters. The van der Waals surface area contributed by atoms with Crippen LogP contribution in [0, 0.1) is 5.41 Å². The SMILES string of the molecule is COC(=O)c1cccc(N2CC3(COC3)C2)n1. The Kier molecular flexibility index (Phi) is 2.29. The van der Waals surface area contributed by atoms with Crippen molar-refractivity contribution in [2.45, 2.75) is 0 Å². The van der Waals surface area contributed by atoms with Gasteiger partial charge >= 0.3 is 5.97 Å². The van der Waals surface area contributed by atoms with Crippen LogP contribution >= 0.6 is 0 Å². The molecule has 2 saturated heterocycles. The highest BCUT2D eigenvalue weighted by Crippen LogP contribution is 2.39. The maximum Gasteiger partial charge on any atom is 0.356 e. The Morgan fingerprint density at radius 1 is 1.47 bits per heavy atom. The number of ether oxygens (including phenoxy) is 2. The molecule has 1 spiro atoms. The average Bonchev–Trinajstić information content (AvgIpc) is 2.25. The van der Waals surface area contributed by atoms with Gasteiger partial charge in [0.1, 0.15) is 5.82 Å². The maximum atomic E-state index is 11.4. The molecule has 5 nitrogen and oxygen atoms in total. The fraction of sp³-hybridized carbons (Fsp3) is 0.500. The summed E-state index contributed by atoms with van der Waals surface area (Å²) in [5, 5.41) is 0. The number of anilines is 1. The van der Waals surface area contributed by atoms with Crippen LogP contribution in [-0.2, 0) is 9.47 Å². The van der Waals surface area contributed by atoms with E-state index in [0.29, 0.717) is 11.1 Å². The fourth-order valence-corrected chi connectivity index (χ4v) is 2.32. The monoisotopic (exact) mass is 234 g/mol. The van der Waals surface area contributed by atoms with Gasteiger partial charge in [-0.25, -0.2) is 9.78 Å². The molecule has 0 N–H and O–H groups in total. The zero-order valence-corrected chi connectivity index (χ0v) is 9.68. The topological polar surface area (TPSA) is 51.7 Å². The minimum atomic E-state index is -0.394. The first-order valence-electron chi connectivity index (χ1n) is 5.61. The van der Waals surface area contributed by atoms with Crippen molar-refractivity contribution in [3.63, 3.8) is 0 Å². The van der Waals surface area contributed by atoms with Crippen LogP contribution in [0.2, 0.25) is 0 Å². The van der Waals surface area contributed by atoms with Crippen molar-refractivity contribution in [2.24, 2.45) is 5.41 Å². The van der Waals surface area contributed by atoms with Crippen LogP contribution in [0.1, 0.15) is 10.5 Å². The first kappa shape index (κ1) is 10.5. The smallest absolute Gasteiger partial charge is 0.356 e. The molecule has 0 atom stereocenters. The molecule has 3 rings (SSSR count). The van der Waals surface area contributed by atoms with Crippen molar-refractivity contribution in [2.75, 3.05) is 38.3 Å². The minimum absolute atomic E-state index is 0.350. The zero-order valence-electron chi connectivity index (χ0n) is 9.68. The number of hydrogen-bond donors (Lipinski definition) is 0. The van der Waals surface area contributed by atoms with Crippen LogP contribution in [-0.4, -0.2) is 44.4 Å². The van der Waals surface area contributed by atoms with E-state index in [1.807, 2.05) is 12.1 Å². The summed E-state index contributed by atoms with van der Waals surface area (Å²) in [4.78, 5) is 17.8. The molecule has 5 heteroatoms. The predicted octanol–water partition coefficient (Wildman–Crippen LogP) is 0.705. The van der Waals surface area contributed by atoms with E-state index >= 15 is 0 Å². The first-order chi connectivity index (χ1) is 8.22. The lowest BCUT2D eigenvalue weighted by Crippen LogP contribution is -2.66. The van der Waals surface area contributed by atoms with Gasteiger partial charge in [0.25, 0.3) is 0 Å². The molecule has 2 aliphatic heterocycles. The molecule has 0 radical (unpaired) electrons. The second-order valence-electron chi connectivity index (χ2n) is 4.72. The van der Waals surface area contributed by atoms with E-state index in [1.165, 1.54) is 7.11 Å². The fourth-order valence-electron chi connectivity index (χ4n) is 2.32. The number of nitrogens with zero attached hydrogens (tertiary/aromatic N) is 2. The number of carbonyl (C=O) groups excluding carboxylic acids is 1. The zero-order chi connectivity index (χ0) is 11.9. The minimum Gasteiger partial charge on any atom is -0.464 e. The van der Waals surface area contributed by atoms with Gasteiger partial charge in [0, 0.05) is 13.1 Å². The number of aromatic nitrogens is 1. The quantitative estimate of drug-likeness (QED) is 0.705. The average molecular weight is 234 g/mol. The van der Waals surface area contributed by atoms with Crippen LogP contribution in [0.25, 0.3) is 0 Å². The molecule has 2 fully saturated rings. The summed E-state index contributed by atoms with van der Waals surface area (Å²) < 4.78 is 9.88. The van der Waals surface area contributed by atoms with Crippen molar-refractivity contribution >= 4 is 11.8 Å². The van der Waals surface area contributed by atoms with E-state index in [9.17, 15) is 4.79 Å². The Bertz CT molecular complexity index is 449. The lowest BCUT2D eigenvalue weighted by atomic mass is 9.78. The molecule has 1 aromatic heterocycles. The molecule has 3 heterocycles. The summed E-state index contributed by atoms with van der Waals surface area (Å²) in [7, 11) is 1.36. The molecular weight excluding hydrogens is 220 g/mol. The summed E-state index contributed by atoms with van der Waals surface area (Å²) in [5.41, 5.74) is 0.707. The van der Waals surface area contributed by atoms with Gasteiger partial charge in [0.2, 0.25) is 0 Å². The second-order valence-corrected chi connectivity index (χ2v) is 4.72. The second kappa shape index (κ2) is 3.70. The van der Waals surface area contributed by atoms with E-state index in [-0.39, 0.29) is 0 Å². The highest BCUT2D eigenvalue weighted by atomic mass is 16.5. The van der Waals surface area contributed by atoms with E-state index in [1.54, 1.807) is 6.07 Å². The number of carbonyl (C=O) groups is 1. The van der Waals surface area contributed by atoms with Crippen LogP contribution in [0.15, 0.2) is 18.2 Å². The maximum absolute atomic E-state index is 11.4. The molecular formula is C12H14N2O3. The van der Waals surface area contributed by atoms with Crippen molar-refractivity contribution in [1.82, 2.24) is 4.98 Å². The third kappa shape index (κ3) is 1.67. The van der Waals surface area contributed by atoms with E-state index in [4.69, 9.17) is 4.74 Å². The van der Waals surface area contributed by atoms with Gasteiger partial charge in [-0.15, -0.1) is 0 Å². The molecule has 17 heavy (non-hydrogen) atoms. The number of esters is 1. The van der Waals surface area contributed by atoms with E-state index in [0.717, 1.165) is 32.1 Å². The lowest BCUT2D eigenvalue weighted by Gasteiger charge is -2.55. The standard InChI is InChI=1S/C12H14N2O3/c1-16-11(15)9-3-2-4-10(13-9)14-5-12(6-14)7-17-8-12/h2-4H,5-8H2,1H3. The van der Waals surface area contributed by atoms with Gasteiger partial charge < -0.3 is 14.4 Å². The third-order valence-electron chi connectivity index (χ3n) is 3.32. The molecule has 1 aromatic rings.